The van der Waals surface area contributed by atoms with E-state index in [1.54, 1.807) is 0 Å². The molecule has 2 amide bonds. The molecule has 14 heavy (non-hydrogen) atoms. The molecule has 0 spiro atoms. The lowest BCUT2D eigenvalue weighted by Crippen LogP contribution is -2.48. The van der Waals surface area contributed by atoms with Crippen molar-refractivity contribution in [2.24, 2.45) is 0 Å². The Labute approximate surface area is 81.0 Å². The highest BCUT2D eigenvalue weighted by molar-refractivity contribution is 5.88. The van der Waals surface area contributed by atoms with Crippen molar-refractivity contribution in [2.75, 3.05) is 6.54 Å². The van der Waals surface area contributed by atoms with Crippen LogP contribution in [0.25, 0.3) is 0 Å². The molecule has 2 N–H and O–H groups in total. The maximum absolute atomic E-state index is 11.1. The molecule has 1 aliphatic rings. The van der Waals surface area contributed by atoms with Crippen LogP contribution in [0.2, 0.25) is 0 Å². The van der Waals surface area contributed by atoms with Crippen molar-refractivity contribution in [1.82, 2.24) is 10.6 Å². The number of ether oxygens (including phenoxy) is 1. The Bertz CT molecular complexity index is 277. The van der Waals surface area contributed by atoms with Crippen LogP contribution in [0, 0.1) is 0 Å². The Morgan fingerprint density at radius 1 is 1.57 bits per heavy atom. The molecule has 1 fully saturated rings. The second kappa shape index (κ2) is 4.08. The van der Waals surface area contributed by atoms with Crippen LogP contribution in [-0.2, 0) is 14.3 Å². The molecule has 0 radical (unpaired) electrons. The minimum absolute atomic E-state index is 0.235. The van der Waals surface area contributed by atoms with Crippen LogP contribution >= 0.6 is 0 Å². The summed E-state index contributed by atoms with van der Waals surface area (Å²) in [5, 5.41) is 4.85. The average molecular weight is 200 g/mol. The van der Waals surface area contributed by atoms with Gasteiger partial charge < -0.3 is 15.4 Å². The maximum atomic E-state index is 11.1. The van der Waals surface area contributed by atoms with E-state index in [1.807, 2.05) is 0 Å². The maximum Gasteiger partial charge on any atom is 0.407 e. The first-order valence-corrected chi connectivity index (χ1v) is 4.22. The number of carbonyl (C=O) groups is 3. The summed E-state index contributed by atoms with van der Waals surface area (Å²) in [5.74, 6) is -0.560. The van der Waals surface area contributed by atoms with E-state index >= 15 is 0 Å². The zero-order chi connectivity index (χ0) is 10.7. The van der Waals surface area contributed by atoms with Crippen molar-refractivity contribution in [2.45, 2.75) is 26.0 Å². The topological polar surface area (TPSA) is 84.5 Å². The Hall–Kier alpha value is -1.59. The van der Waals surface area contributed by atoms with Gasteiger partial charge in [-0.2, -0.15) is 0 Å². The Kier molecular flexibility index (Phi) is 3.06. The fraction of sp³-hybridized carbons (Fsp3) is 0.625. The first kappa shape index (κ1) is 10.5. The largest absolute Gasteiger partial charge is 0.442 e. The zero-order valence-corrected chi connectivity index (χ0v) is 7.99. The van der Waals surface area contributed by atoms with Crippen LogP contribution in [0.5, 0.6) is 0 Å². The third-order valence-corrected chi connectivity index (χ3v) is 1.87. The highest BCUT2D eigenvalue weighted by atomic mass is 16.6. The van der Waals surface area contributed by atoms with Gasteiger partial charge in [0, 0.05) is 6.92 Å². The highest BCUT2D eigenvalue weighted by Gasteiger charge is 2.34. The molecule has 1 saturated heterocycles. The van der Waals surface area contributed by atoms with Crippen LogP contribution in [0.4, 0.5) is 4.79 Å². The van der Waals surface area contributed by atoms with E-state index in [0.29, 0.717) is 0 Å². The molecule has 1 heterocycles. The van der Waals surface area contributed by atoms with Gasteiger partial charge in [0.2, 0.25) is 5.91 Å². The van der Waals surface area contributed by atoms with Gasteiger partial charge in [0.15, 0.2) is 5.78 Å². The molecule has 0 aromatic rings. The second-order valence-electron chi connectivity index (χ2n) is 3.11. The fourth-order valence-corrected chi connectivity index (χ4v) is 1.27. The predicted molar refractivity (Wildman–Crippen MR) is 46.6 cm³/mol. The molecule has 2 unspecified atom stereocenters. The normalized spacial score (nSPS) is 22.1. The van der Waals surface area contributed by atoms with Gasteiger partial charge in [0.25, 0.3) is 0 Å². The lowest BCUT2D eigenvalue weighted by atomic mass is 10.1. The molecule has 0 aromatic carbocycles. The molecule has 0 aliphatic carbocycles. The van der Waals surface area contributed by atoms with E-state index in [2.05, 4.69) is 10.6 Å². The van der Waals surface area contributed by atoms with Gasteiger partial charge in [-0.25, -0.2) is 4.79 Å². The van der Waals surface area contributed by atoms with Gasteiger partial charge >= 0.3 is 6.09 Å². The second-order valence-corrected chi connectivity index (χ2v) is 3.11. The molecule has 0 aromatic heterocycles. The molecule has 6 heteroatoms. The molecule has 2 atom stereocenters. The summed E-state index contributed by atoms with van der Waals surface area (Å²) in [4.78, 5) is 32.6. The fourth-order valence-electron chi connectivity index (χ4n) is 1.27. The van der Waals surface area contributed by atoms with E-state index in [1.165, 1.54) is 13.8 Å². The van der Waals surface area contributed by atoms with Crippen molar-refractivity contribution in [1.29, 1.82) is 0 Å². The van der Waals surface area contributed by atoms with Crippen LogP contribution in [0.1, 0.15) is 13.8 Å². The monoisotopic (exact) mass is 200 g/mol. The lowest BCUT2D eigenvalue weighted by molar-refractivity contribution is -0.127. The number of hydrogen-bond donors (Lipinski definition) is 2. The van der Waals surface area contributed by atoms with Gasteiger partial charge in [0.05, 0.1) is 6.54 Å². The smallest absolute Gasteiger partial charge is 0.407 e. The Morgan fingerprint density at radius 3 is 2.57 bits per heavy atom. The number of amides is 2. The standard InChI is InChI=1S/C8H12N2O4/c1-4(11)7(10-5(2)12)6-3-9-8(13)14-6/h6-7H,3H2,1-2H3,(H,9,13)(H,10,12). The van der Waals surface area contributed by atoms with E-state index in [-0.39, 0.29) is 18.2 Å². The van der Waals surface area contributed by atoms with Gasteiger partial charge in [-0.1, -0.05) is 0 Å². The summed E-state index contributed by atoms with van der Waals surface area (Å²) in [6.45, 7) is 2.89. The number of cyclic esters (lactones) is 1. The Morgan fingerprint density at radius 2 is 2.21 bits per heavy atom. The molecule has 1 aliphatic heterocycles. The number of nitrogens with one attached hydrogen (secondary N) is 2. The number of Topliss-reactive ketones (excluding diaryl/α,β-unsaturated/α-hetero) is 1. The van der Waals surface area contributed by atoms with E-state index in [9.17, 15) is 14.4 Å². The molecular weight excluding hydrogens is 188 g/mol. The first-order valence-electron chi connectivity index (χ1n) is 4.22. The van der Waals surface area contributed by atoms with Gasteiger partial charge in [-0.05, 0) is 6.92 Å². The molecule has 1 rings (SSSR count). The van der Waals surface area contributed by atoms with Crippen molar-refractivity contribution >= 4 is 17.8 Å². The van der Waals surface area contributed by atoms with Crippen molar-refractivity contribution in [3.8, 4) is 0 Å². The molecule has 0 saturated carbocycles. The Balaban J connectivity index is 2.63. The van der Waals surface area contributed by atoms with Crippen LogP contribution in [-0.4, -0.2) is 36.5 Å². The number of alkyl carbamates (subject to hydrolysis) is 1. The van der Waals surface area contributed by atoms with Crippen LogP contribution in [0.15, 0.2) is 0 Å². The molecule has 78 valence electrons. The SMILES string of the molecule is CC(=O)NC(C(C)=O)C1CNC(=O)O1. The van der Waals surface area contributed by atoms with Crippen LogP contribution in [0.3, 0.4) is 0 Å². The zero-order valence-electron chi connectivity index (χ0n) is 7.99. The molecular formula is C8H12N2O4. The number of rotatable bonds is 3. The van der Waals surface area contributed by atoms with Gasteiger partial charge in [-0.15, -0.1) is 0 Å². The predicted octanol–water partition coefficient (Wildman–Crippen LogP) is -0.812. The summed E-state index contributed by atoms with van der Waals surface area (Å²) in [7, 11) is 0. The van der Waals surface area contributed by atoms with Gasteiger partial charge in [-0.3, -0.25) is 9.59 Å². The summed E-state index contributed by atoms with van der Waals surface area (Å²) in [6, 6.07) is -0.758. The first-order chi connectivity index (χ1) is 6.50. The van der Waals surface area contributed by atoms with Crippen molar-refractivity contribution in [3.05, 3.63) is 0 Å². The summed E-state index contributed by atoms with van der Waals surface area (Å²) >= 11 is 0. The average Bonchev–Trinajstić information content (AvgIpc) is 2.46. The minimum atomic E-state index is -0.758. The lowest BCUT2D eigenvalue weighted by Gasteiger charge is -2.19. The van der Waals surface area contributed by atoms with E-state index in [4.69, 9.17) is 4.74 Å². The molecule has 6 nitrogen and oxygen atoms in total. The third kappa shape index (κ3) is 2.45. The van der Waals surface area contributed by atoms with E-state index in [0.717, 1.165) is 0 Å². The van der Waals surface area contributed by atoms with Crippen molar-refractivity contribution < 1.29 is 19.1 Å². The highest BCUT2D eigenvalue weighted by Crippen LogP contribution is 2.06. The third-order valence-electron chi connectivity index (χ3n) is 1.87. The summed E-state index contributed by atoms with van der Waals surface area (Å²) in [5.41, 5.74) is 0. The quantitative estimate of drug-likeness (QED) is 0.624. The number of carbonyl (C=O) groups excluding carboxylic acids is 3. The van der Waals surface area contributed by atoms with Gasteiger partial charge in [0.1, 0.15) is 12.1 Å². The summed E-state index contributed by atoms with van der Waals surface area (Å²) < 4.78 is 4.80. The number of ketones is 1. The number of hydrogen-bond acceptors (Lipinski definition) is 4. The van der Waals surface area contributed by atoms with Crippen molar-refractivity contribution in [3.63, 3.8) is 0 Å². The molecule has 0 bridgehead atoms. The van der Waals surface area contributed by atoms with E-state index < -0.39 is 18.2 Å². The van der Waals surface area contributed by atoms with Crippen LogP contribution < -0.4 is 10.6 Å². The minimum Gasteiger partial charge on any atom is -0.442 e. The summed E-state index contributed by atoms with van der Waals surface area (Å²) in [6.07, 6.45) is -1.17.